The molecular formula is C10H12Br2FNO2. The Kier molecular flexibility index (Phi) is 5.33. The zero-order valence-corrected chi connectivity index (χ0v) is 11.5. The minimum atomic E-state index is -1.29. The molecule has 2 atom stereocenters. The van der Waals surface area contributed by atoms with Crippen LogP contribution in [-0.4, -0.2) is 22.9 Å². The predicted octanol–water partition coefficient (Wildman–Crippen LogP) is 2.09. The van der Waals surface area contributed by atoms with Crippen molar-refractivity contribution in [2.75, 3.05) is 6.54 Å². The van der Waals surface area contributed by atoms with Gasteiger partial charge in [-0.1, -0.05) is 31.9 Å². The van der Waals surface area contributed by atoms with Gasteiger partial charge in [-0.2, -0.15) is 0 Å². The topological polar surface area (TPSA) is 66.5 Å². The quantitative estimate of drug-likeness (QED) is 0.773. The lowest BCUT2D eigenvalue weighted by molar-refractivity contribution is 0.0125. The molecule has 0 amide bonds. The van der Waals surface area contributed by atoms with Crippen LogP contribution in [0.25, 0.3) is 0 Å². The summed E-state index contributed by atoms with van der Waals surface area (Å²) in [5, 5.41) is 19.3. The highest BCUT2D eigenvalue weighted by Gasteiger charge is 2.23. The van der Waals surface area contributed by atoms with Crippen molar-refractivity contribution in [2.45, 2.75) is 18.6 Å². The molecule has 0 bridgehead atoms. The summed E-state index contributed by atoms with van der Waals surface area (Å²) in [4.78, 5) is 0. The summed E-state index contributed by atoms with van der Waals surface area (Å²) >= 11 is 6.28. The average Bonchev–Trinajstić information content (AvgIpc) is 2.16. The normalized spacial score (nSPS) is 14.9. The molecule has 4 N–H and O–H groups in total. The molecule has 0 saturated heterocycles. The number of halogens is 3. The van der Waals surface area contributed by atoms with Crippen molar-refractivity contribution in [3.05, 3.63) is 32.5 Å². The lowest BCUT2D eigenvalue weighted by Gasteiger charge is -2.19. The first-order valence-corrected chi connectivity index (χ1v) is 6.26. The van der Waals surface area contributed by atoms with E-state index in [9.17, 15) is 14.6 Å². The van der Waals surface area contributed by atoms with Crippen molar-refractivity contribution in [3.63, 3.8) is 0 Å². The fourth-order valence-electron chi connectivity index (χ4n) is 1.36. The Morgan fingerprint density at radius 1 is 1.31 bits per heavy atom. The Bertz CT molecular complexity index is 353. The number of hydrogen-bond donors (Lipinski definition) is 3. The van der Waals surface area contributed by atoms with Crippen LogP contribution in [0.5, 0.6) is 0 Å². The second kappa shape index (κ2) is 6.07. The third-order valence-electron chi connectivity index (χ3n) is 2.17. The molecule has 2 unspecified atom stereocenters. The van der Waals surface area contributed by atoms with Crippen LogP contribution in [0.1, 0.15) is 18.1 Å². The molecule has 0 saturated carbocycles. The summed E-state index contributed by atoms with van der Waals surface area (Å²) in [7, 11) is 0. The van der Waals surface area contributed by atoms with E-state index in [0.717, 1.165) is 0 Å². The Morgan fingerprint density at radius 3 is 2.44 bits per heavy atom. The fraction of sp³-hybridized carbons (Fsp3) is 0.400. The molecule has 90 valence electrons. The average molecular weight is 357 g/mol. The molecule has 0 spiro atoms. The standard InChI is InChI=1S/C10H12Br2FNO2/c11-5-3-6(12)9(7(13)4-5)10(16)8(15)1-2-14/h3-4,8,10,15-16H,1-2,14H2. The van der Waals surface area contributed by atoms with Crippen LogP contribution >= 0.6 is 31.9 Å². The van der Waals surface area contributed by atoms with E-state index in [2.05, 4.69) is 31.9 Å². The van der Waals surface area contributed by atoms with Gasteiger partial charge in [0.1, 0.15) is 11.9 Å². The molecule has 3 nitrogen and oxygen atoms in total. The highest BCUT2D eigenvalue weighted by molar-refractivity contribution is 9.11. The molecule has 0 fully saturated rings. The molecule has 0 heterocycles. The van der Waals surface area contributed by atoms with Gasteiger partial charge in [-0.15, -0.1) is 0 Å². The first-order chi connectivity index (χ1) is 7.47. The molecule has 16 heavy (non-hydrogen) atoms. The first kappa shape index (κ1) is 14.1. The largest absolute Gasteiger partial charge is 0.390 e. The van der Waals surface area contributed by atoms with Gasteiger partial charge in [0.05, 0.1) is 6.10 Å². The number of hydrogen-bond acceptors (Lipinski definition) is 3. The summed E-state index contributed by atoms with van der Waals surface area (Å²) in [6.07, 6.45) is -2.15. The fourth-order valence-corrected chi connectivity index (χ4v) is 2.76. The van der Waals surface area contributed by atoms with Gasteiger partial charge < -0.3 is 15.9 Å². The van der Waals surface area contributed by atoms with E-state index in [1.54, 1.807) is 6.07 Å². The van der Waals surface area contributed by atoms with Crippen LogP contribution in [-0.2, 0) is 0 Å². The van der Waals surface area contributed by atoms with Gasteiger partial charge in [-0.25, -0.2) is 4.39 Å². The molecule has 0 aromatic heterocycles. The number of aliphatic hydroxyl groups excluding tert-OH is 2. The monoisotopic (exact) mass is 355 g/mol. The maximum Gasteiger partial charge on any atom is 0.131 e. The maximum atomic E-state index is 13.6. The van der Waals surface area contributed by atoms with Gasteiger partial charge in [0.2, 0.25) is 0 Å². The van der Waals surface area contributed by atoms with Crippen molar-refractivity contribution >= 4 is 31.9 Å². The van der Waals surface area contributed by atoms with E-state index >= 15 is 0 Å². The number of nitrogens with two attached hydrogens (primary N) is 1. The lowest BCUT2D eigenvalue weighted by Crippen LogP contribution is -2.23. The SMILES string of the molecule is NCCC(O)C(O)c1c(F)cc(Br)cc1Br. The Morgan fingerprint density at radius 2 is 1.94 bits per heavy atom. The number of rotatable bonds is 4. The molecular weight excluding hydrogens is 345 g/mol. The van der Waals surface area contributed by atoms with Crippen molar-refractivity contribution < 1.29 is 14.6 Å². The predicted molar refractivity (Wildman–Crippen MR) is 66.4 cm³/mol. The molecule has 0 aliphatic rings. The van der Waals surface area contributed by atoms with Crippen LogP contribution in [0.2, 0.25) is 0 Å². The molecule has 0 aliphatic carbocycles. The van der Waals surface area contributed by atoms with Crippen LogP contribution in [0, 0.1) is 5.82 Å². The van der Waals surface area contributed by atoms with Gasteiger partial charge in [-0.05, 0) is 25.1 Å². The highest BCUT2D eigenvalue weighted by atomic mass is 79.9. The van der Waals surface area contributed by atoms with Crippen molar-refractivity contribution in [2.24, 2.45) is 5.73 Å². The van der Waals surface area contributed by atoms with Gasteiger partial charge in [0, 0.05) is 14.5 Å². The molecule has 0 radical (unpaired) electrons. The van der Waals surface area contributed by atoms with Gasteiger partial charge >= 0.3 is 0 Å². The molecule has 1 aromatic rings. The molecule has 1 rings (SSSR count). The maximum absolute atomic E-state index is 13.6. The summed E-state index contributed by atoms with van der Waals surface area (Å²) in [6, 6.07) is 2.84. The van der Waals surface area contributed by atoms with Crippen LogP contribution < -0.4 is 5.73 Å². The minimum absolute atomic E-state index is 0.0455. The zero-order valence-electron chi connectivity index (χ0n) is 8.33. The summed E-state index contributed by atoms with van der Waals surface area (Å²) in [5.41, 5.74) is 5.31. The Hall–Kier alpha value is -0.0100. The van der Waals surface area contributed by atoms with E-state index in [4.69, 9.17) is 5.73 Å². The molecule has 0 aliphatic heterocycles. The van der Waals surface area contributed by atoms with Crippen molar-refractivity contribution in [1.82, 2.24) is 0 Å². The third kappa shape index (κ3) is 3.24. The molecule has 1 aromatic carbocycles. The van der Waals surface area contributed by atoms with Gasteiger partial charge in [0.15, 0.2) is 0 Å². The third-order valence-corrected chi connectivity index (χ3v) is 3.28. The van der Waals surface area contributed by atoms with Crippen LogP contribution in [0.15, 0.2) is 21.1 Å². The van der Waals surface area contributed by atoms with E-state index in [1.807, 2.05) is 0 Å². The van der Waals surface area contributed by atoms with Crippen molar-refractivity contribution in [3.8, 4) is 0 Å². The summed E-state index contributed by atoms with van der Waals surface area (Å²) < 4.78 is 14.6. The van der Waals surface area contributed by atoms with Crippen molar-refractivity contribution in [1.29, 1.82) is 0 Å². The van der Waals surface area contributed by atoms with Gasteiger partial charge in [0.25, 0.3) is 0 Å². The second-order valence-corrected chi connectivity index (χ2v) is 5.14. The second-order valence-electron chi connectivity index (χ2n) is 3.37. The summed E-state index contributed by atoms with van der Waals surface area (Å²) in [6.45, 7) is 0.230. The Balaban J connectivity index is 3.03. The first-order valence-electron chi connectivity index (χ1n) is 4.68. The zero-order chi connectivity index (χ0) is 12.3. The lowest BCUT2D eigenvalue weighted by atomic mass is 10.0. The van der Waals surface area contributed by atoms with E-state index in [0.29, 0.717) is 8.95 Å². The van der Waals surface area contributed by atoms with Crippen LogP contribution in [0.4, 0.5) is 4.39 Å². The minimum Gasteiger partial charge on any atom is -0.390 e. The number of benzene rings is 1. The number of aliphatic hydroxyl groups is 2. The van der Waals surface area contributed by atoms with Gasteiger partial charge in [-0.3, -0.25) is 0 Å². The smallest absolute Gasteiger partial charge is 0.131 e. The summed E-state index contributed by atoms with van der Waals surface area (Å²) in [5.74, 6) is -0.579. The van der Waals surface area contributed by atoms with Crippen LogP contribution in [0.3, 0.4) is 0 Å². The van der Waals surface area contributed by atoms with E-state index in [1.165, 1.54) is 6.07 Å². The van der Waals surface area contributed by atoms with E-state index < -0.39 is 18.0 Å². The van der Waals surface area contributed by atoms with E-state index in [-0.39, 0.29) is 18.5 Å². The molecule has 6 heteroatoms. The Labute approximate surface area is 110 Å². The highest BCUT2D eigenvalue weighted by Crippen LogP contribution is 2.32.